The van der Waals surface area contributed by atoms with Crippen molar-refractivity contribution in [3.05, 3.63) is 0 Å². The van der Waals surface area contributed by atoms with E-state index >= 15 is 0 Å². The molecule has 1 aliphatic heterocycles. The molecule has 0 spiro atoms. The third-order valence-corrected chi connectivity index (χ3v) is 5.85. The molecule has 2 saturated carbocycles. The predicted molar refractivity (Wildman–Crippen MR) is 85.0 cm³/mol. The summed E-state index contributed by atoms with van der Waals surface area (Å²) in [4.78, 5) is 17.5. The van der Waals surface area contributed by atoms with Gasteiger partial charge in [0.1, 0.15) is 0 Å². The molecule has 0 radical (unpaired) electrons. The van der Waals surface area contributed by atoms with E-state index in [0.717, 1.165) is 45.1 Å². The molecule has 2 unspecified atom stereocenters. The van der Waals surface area contributed by atoms with Crippen LogP contribution in [0, 0.1) is 5.92 Å². The lowest BCUT2D eigenvalue weighted by Gasteiger charge is -2.39. The summed E-state index contributed by atoms with van der Waals surface area (Å²) in [6, 6.07) is 0.884. The molecule has 1 amide bonds. The van der Waals surface area contributed by atoms with Gasteiger partial charge >= 0.3 is 0 Å². The van der Waals surface area contributed by atoms with Gasteiger partial charge in [-0.2, -0.15) is 0 Å². The van der Waals surface area contributed by atoms with Crippen molar-refractivity contribution in [1.82, 2.24) is 9.80 Å². The molecular weight excluding hydrogens is 262 g/mol. The molecule has 4 nitrogen and oxygen atoms in total. The normalized spacial score (nSPS) is 33.1. The number of carbonyl (C=O) groups excluding carboxylic acids is 1. The lowest BCUT2D eigenvalue weighted by Crippen LogP contribution is -2.54. The third-order valence-electron chi connectivity index (χ3n) is 5.85. The Balaban J connectivity index is 1.52. The van der Waals surface area contributed by atoms with E-state index in [1.165, 1.54) is 44.9 Å². The summed E-state index contributed by atoms with van der Waals surface area (Å²) >= 11 is 0. The van der Waals surface area contributed by atoms with Crippen molar-refractivity contribution in [2.75, 3.05) is 26.2 Å². The fraction of sp³-hybridized carbons (Fsp3) is 0.941. The highest BCUT2D eigenvalue weighted by atomic mass is 16.2. The second-order valence-electron chi connectivity index (χ2n) is 7.21. The summed E-state index contributed by atoms with van der Waals surface area (Å²) in [6.07, 6.45) is 11.1. The standard InChI is InChI=1S/C17H31N3O/c18-16-9-3-1-2-8-15(16)17(21)20-12-10-19(11-13-20)14-6-4-5-7-14/h14-16H,1-13,18H2. The molecule has 3 rings (SSSR count). The topological polar surface area (TPSA) is 49.6 Å². The number of piperazine rings is 1. The van der Waals surface area contributed by atoms with Crippen LogP contribution in [-0.4, -0.2) is 54.0 Å². The molecule has 2 aliphatic carbocycles. The van der Waals surface area contributed by atoms with Crippen molar-refractivity contribution in [3.8, 4) is 0 Å². The van der Waals surface area contributed by atoms with Crippen LogP contribution in [0.5, 0.6) is 0 Å². The SMILES string of the molecule is NC1CCCCCC1C(=O)N1CCN(C2CCCC2)CC1. The zero-order chi connectivity index (χ0) is 14.7. The highest BCUT2D eigenvalue weighted by molar-refractivity contribution is 5.79. The Kier molecular flexibility index (Phi) is 5.17. The minimum Gasteiger partial charge on any atom is -0.340 e. The fourth-order valence-electron chi connectivity index (χ4n) is 4.45. The minimum atomic E-state index is 0.0885. The zero-order valence-corrected chi connectivity index (χ0v) is 13.3. The van der Waals surface area contributed by atoms with Crippen LogP contribution < -0.4 is 5.73 Å². The largest absolute Gasteiger partial charge is 0.340 e. The molecule has 0 aromatic heterocycles. The van der Waals surface area contributed by atoms with Gasteiger partial charge in [-0.25, -0.2) is 0 Å². The Labute approximate surface area is 129 Å². The van der Waals surface area contributed by atoms with E-state index in [2.05, 4.69) is 9.80 Å². The molecule has 0 bridgehead atoms. The first kappa shape index (κ1) is 15.3. The van der Waals surface area contributed by atoms with Gasteiger partial charge in [-0.15, -0.1) is 0 Å². The second kappa shape index (κ2) is 7.10. The number of nitrogens with zero attached hydrogens (tertiary/aromatic N) is 2. The summed E-state index contributed by atoms with van der Waals surface area (Å²) in [5.41, 5.74) is 6.26. The summed E-state index contributed by atoms with van der Waals surface area (Å²) < 4.78 is 0. The molecule has 3 fully saturated rings. The van der Waals surface area contributed by atoms with Crippen molar-refractivity contribution in [2.45, 2.75) is 69.9 Å². The van der Waals surface area contributed by atoms with Crippen LogP contribution in [0.15, 0.2) is 0 Å². The van der Waals surface area contributed by atoms with Crippen LogP contribution in [-0.2, 0) is 4.79 Å². The highest BCUT2D eigenvalue weighted by Crippen LogP contribution is 2.27. The molecule has 4 heteroatoms. The molecule has 0 aromatic carbocycles. The quantitative estimate of drug-likeness (QED) is 0.792. The van der Waals surface area contributed by atoms with E-state index in [-0.39, 0.29) is 12.0 Å². The average molecular weight is 293 g/mol. The molecule has 1 saturated heterocycles. The predicted octanol–water partition coefficient (Wildman–Crippen LogP) is 1.98. The summed E-state index contributed by atoms with van der Waals surface area (Å²) in [5.74, 6) is 0.431. The summed E-state index contributed by atoms with van der Waals surface area (Å²) in [6.45, 7) is 3.97. The van der Waals surface area contributed by atoms with Crippen LogP contribution in [0.4, 0.5) is 0 Å². The van der Waals surface area contributed by atoms with E-state index in [1.807, 2.05) is 0 Å². The van der Waals surface area contributed by atoms with Gasteiger partial charge in [0.15, 0.2) is 0 Å². The van der Waals surface area contributed by atoms with Crippen molar-refractivity contribution in [2.24, 2.45) is 11.7 Å². The molecule has 3 aliphatic rings. The monoisotopic (exact) mass is 293 g/mol. The van der Waals surface area contributed by atoms with E-state index in [0.29, 0.717) is 5.91 Å². The van der Waals surface area contributed by atoms with E-state index < -0.39 is 0 Å². The van der Waals surface area contributed by atoms with Crippen LogP contribution in [0.1, 0.15) is 57.8 Å². The zero-order valence-electron chi connectivity index (χ0n) is 13.3. The van der Waals surface area contributed by atoms with Crippen molar-refractivity contribution in [3.63, 3.8) is 0 Å². The van der Waals surface area contributed by atoms with Crippen molar-refractivity contribution in [1.29, 1.82) is 0 Å². The Hall–Kier alpha value is -0.610. The first-order valence-corrected chi connectivity index (χ1v) is 9.04. The Morgan fingerprint density at radius 3 is 2.14 bits per heavy atom. The van der Waals surface area contributed by atoms with Gasteiger partial charge in [0.2, 0.25) is 5.91 Å². The number of nitrogens with two attached hydrogens (primary N) is 1. The first-order chi connectivity index (χ1) is 10.3. The van der Waals surface area contributed by atoms with E-state index in [9.17, 15) is 4.79 Å². The second-order valence-corrected chi connectivity index (χ2v) is 7.21. The van der Waals surface area contributed by atoms with Gasteiger partial charge in [0.25, 0.3) is 0 Å². The van der Waals surface area contributed by atoms with Gasteiger partial charge in [0.05, 0.1) is 5.92 Å². The molecule has 0 aromatic rings. The Morgan fingerprint density at radius 1 is 0.810 bits per heavy atom. The maximum Gasteiger partial charge on any atom is 0.227 e. The molecule has 120 valence electrons. The third kappa shape index (κ3) is 3.59. The fourth-order valence-corrected chi connectivity index (χ4v) is 4.45. The number of hydrogen-bond donors (Lipinski definition) is 1. The number of rotatable bonds is 2. The van der Waals surface area contributed by atoms with Crippen molar-refractivity contribution >= 4 is 5.91 Å². The summed E-state index contributed by atoms with van der Waals surface area (Å²) in [5, 5.41) is 0. The van der Waals surface area contributed by atoms with Gasteiger partial charge < -0.3 is 10.6 Å². The number of amides is 1. The van der Waals surface area contributed by atoms with Crippen LogP contribution >= 0.6 is 0 Å². The number of carbonyl (C=O) groups is 1. The van der Waals surface area contributed by atoms with Gasteiger partial charge in [-0.3, -0.25) is 9.69 Å². The first-order valence-electron chi connectivity index (χ1n) is 9.04. The molecule has 2 atom stereocenters. The maximum atomic E-state index is 12.8. The van der Waals surface area contributed by atoms with Gasteiger partial charge in [-0.1, -0.05) is 32.1 Å². The van der Waals surface area contributed by atoms with Crippen LogP contribution in [0.25, 0.3) is 0 Å². The minimum absolute atomic E-state index is 0.0885. The lowest BCUT2D eigenvalue weighted by atomic mass is 9.93. The molecule has 1 heterocycles. The number of hydrogen-bond acceptors (Lipinski definition) is 3. The Morgan fingerprint density at radius 2 is 1.43 bits per heavy atom. The average Bonchev–Trinajstić information content (AvgIpc) is 2.96. The molecule has 2 N–H and O–H groups in total. The lowest BCUT2D eigenvalue weighted by molar-refractivity contribution is -0.138. The smallest absolute Gasteiger partial charge is 0.227 e. The molecular formula is C17H31N3O. The van der Waals surface area contributed by atoms with Gasteiger partial charge in [0, 0.05) is 38.3 Å². The van der Waals surface area contributed by atoms with Gasteiger partial charge in [-0.05, 0) is 25.7 Å². The Bertz CT molecular complexity index is 346. The van der Waals surface area contributed by atoms with Crippen molar-refractivity contribution < 1.29 is 4.79 Å². The maximum absolute atomic E-state index is 12.8. The molecule has 21 heavy (non-hydrogen) atoms. The van der Waals surface area contributed by atoms with Crippen LogP contribution in [0.3, 0.4) is 0 Å². The van der Waals surface area contributed by atoms with E-state index in [1.54, 1.807) is 0 Å². The summed E-state index contributed by atoms with van der Waals surface area (Å²) in [7, 11) is 0. The van der Waals surface area contributed by atoms with E-state index in [4.69, 9.17) is 5.73 Å². The van der Waals surface area contributed by atoms with Crippen LogP contribution in [0.2, 0.25) is 0 Å². The highest BCUT2D eigenvalue weighted by Gasteiger charge is 2.33.